The molecule has 2 atom stereocenters. The Bertz CT molecular complexity index is 1230. The molecule has 2 N–H and O–H groups in total. The molecule has 0 fully saturated rings. The van der Waals surface area contributed by atoms with Crippen LogP contribution in [0.4, 0.5) is 18.0 Å². The first-order valence-corrected chi connectivity index (χ1v) is 12.1. The maximum Gasteiger partial charge on any atom is 0.416 e. The second-order valence-electron chi connectivity index (χ2n) is 9.46. The molecule has 0 aromatic heterocycles. The monoisotopic (exact) mass is 514 g/mol. The van der Waals surface area contributed by atoms with Crippen LogP contribution in [0.3, 0.4) is 0 Å². The van der Waals surface area contributed by atoms with Gasteiger partial charge in [0.2, 0.25) is 5.91 Å². The number of likely N-dealkylation sites (N-methyl/N-ethyl adjacent to an activating group) is 1. The molecular formula is C27H29F3N4O3. The molecule has 196 valence electrons. The number of carbonyl (C=O) groups is 3. The van der Waals surface area contributed by atoms with E-state index in [1.165, 1.54) is 28.0 Å². The normalized spacial score (nSPS) is 18.7. The summed E-state index contributed by atoms with van der Waals surface area (Å²) < 4.78 is 41.6. The van der Waals surface area contributed by atoms with E-state index in [1.54, 1.807) is 37.3 Å². The molecule has 2 aliphatic rings. The van der Waals surface area contributed by atoms with Crippen molar-refractivity contribution in [1.29, 1.82) is 0 Å². The highest BCUT2D eigenvalue weighted by Gasteiger charge is 2.48. The van der Waals surface area contributed by atoms with E-state index >= 15 is 0 Å². The van der Waals surface area contributed by atoms with Gasteiger partial charge in [0.25, 0.3) is 5.91 Å². The van der Waals surface area contributed by atoms with Crippen LogP contribution in [0, 0.1) is 5.92 Å². The minimum Gasteiger partial charge on any atom is -0.354 e. The van der Waals surface area contributed by atoms with E-state index in [1.807, 2.05) is 13.8 Å². The number of rotatable bonds is 7. The van der Waals surface area contributed by atoms with Gasteiger partial charge in [0.05, 0.1) is 29.4 Å². The molecule has 0 radical (unpaired) electrons. The zero-order valence-corrected chi connectivity index (χ0v) is 20.8. The number of nitrogens with one attached hydrogen (secondary N) is 2. The van der Waals surface area contributed by atoms with Crippen LogP contribution in [-0.4, -0.2) is 47.3 Å². The highest BCUT2D eigenvalue weighted by Crippen LogP contribution is 2.43. The van der Waals surface area contributed by atoms with Crippen molar-refractivity contribution in [2.24, 2.45) is 5.92 Å². The van der Waals surface area contributed by atoms with Crippen molar-refractivity contribution in [2.45, 2.75) is 39.0 Å². The van der Waals surface area contributed by atoms with Crippen LogP contribution in [0.15, 0.2) is 65.9 Å². The fourth-order valence-corrected chi connectivity index (χ4v) is 4.81. The van der Waals surface area contributed by atoms with Crippen molar-refractivity contribution in [1.82, 2.24) is 20.4 Å². The van der Waals surface area contributed by atoms with E-state index in [4.69, 9.17) is 0 Å². The highest BCUT2D eigenvalue weighted by molar-refractivity contribution is 6.04. The van der Waals surface area contributed by atoms with E-state index in [0.29, 0.717) is 17.8 Å². The molecule has 2 aliphatic heterocycles. The van der Waals surface area contributed by atoms with Crippen LogP contribution < -0.4 is 10.6 Å². The van der Waals surface area contributed by atoms with Gasteiger partial charge in [-0.2, -0.15) is 13.2 Å². The Morgan fingerprint density at radius 1 is 1.08 bits per heavy atom. The van der Waals surface area contributed by atoms with Crippen LogP contribution in [0.25, 0.3) is 0 Å². The van der Waals surface area contributed by atoms with E-state index < -0.39 is 41.7 Å². The van der Waals surface area contributed by atoms with Crippen molar-refractivity contribution in [3.63, 3.8) is 0 Å². The number of hydrogen-bond acceptors (Lipinski definition) is 3. The maximum atomic E-state index is 13.9. The van der Waals surface area contributed by atoms with Gasteiger partial charge in [-0.3, -0.25) is 14.5 Å². The van der Waals surface area contributed by atoms with Crippen molar-refractivity contribution in [3.8, 4) is 0 Å². The Morgan fingerprint density at radius 3 is 2.35 bits per heavy atom. The smallest absolute Gasteiger partial charge is 0.354 e. The van der Waals surface area contributed by atoms with Crippen LogP contribution >= 0.6 is 0 Å². The average Bonchev–Trinajstić information content (AvgIpc) is 3.19. The number of hydrogen-bond donors (Lipinski definition) is 2. The summed E-state index contributed by atoms with van der Waals surface area (Å²) in [6, 6.07) is 10.7. The molecule has 0 aliphatic carbocycles. The molecule has 2 heterocycles. The summed E-state index contributed by atoms with van der Waals surface area (Å²) in [7, 11) is 0. The Morgan fingerprint density at radius 2 is 1.73 bits per heavy atom. The Kier molecular flexibility index (Phi) is 7.29. The maximum absolute atomic E-state index is 13.9. The Balaban J connectivity index is 1.80. The molecule has 0 saturated heterocycles. The van der Waals surface area contributed by atoms with Gasteiger partial charge in [-0.1, -0.05) is 62.4 Å². The minimum absolute atomic E-state index is 0.0377. The van der Waals surface area contributed by atoms with Crippen molar-refractivity contribution in [2.75, 3.05) is 19.6 Å². The van der Waals surface area contributed by atoms with Crippen LogP contribution in [0.1, 0.15) is 49.5 Å². The summed E-state index contributed by atoms with van der Waals surface area (Å²) in [6.45, 7) is 6.10. The Hall–Kier alpha value is -3.82. The van der Waals surface area contributed by atoms with Gasteiger partial charge in [0.1, 0.15) is 6.04 Å². The van der Waals surface area contributed by atoms with E-state index in [9.17, 15) is 27.6 Å². The fraction of sp³-hybridized carbons (Fsp3) is 0.370. The molecule has 37 heavy (non-hydrogen) atoms. The summed E-state index contributed by atoms with van der Waals surface area (Å²) >= 11 is 0. The zero-order chi connectivity index (χ0) is 26.9. The first-order valence-electron chi connectivity index (χ1n) is 12.1. The minimum atomic E-state index is -4.69. The van der Waals surface area contributed by atoms with Crippen molar-refractivity contribution in [3.05, 3.63) is 82.6 Å². The van der Waals surface area contributed by atoms with Crippen molar-refractivity contribution >= 4 is 17.8 Å². The number of alkyl halides is 3. The third kappa shape index (κ3) is 5.05. The predicted molar refractivity (Wildman–Crippen MR) is 131 cm³/mol. The fourth-order valence-electron chi connectivity index (χ4n) is 4.81. The highest BCUT2D eigenvalue weighted by atomic mass is 19.4. The molecular weight excluding hydrogens is 485 g/mol. The van der Waals surface area contributed by atoms with Crippen LogP contribution in [0.5, 0.6) is 0 Å². The van der Waals surface area contributed by atoms with E-state index in [0.717, 1.165) is 6.07 Å². The van der Waals surface area contributed by atoms with Gasteiger partial charge in [0.15, 0.2) is 0 Å². The molecule has 7 nitrogen and oxygen atoms in total. The largest absolute Gasteiger partial charge is 0.416 e. The summed E-state index contributed by atoms with van der Waals surface area (Å²) in [5.74, 6) is -0.826. The number of benzene rings is 2. The lowest BCUT2D eigenvalue weighted by Gasteiger charge is -2.33. The molecule has 0 bridgehead atoms. The van der Waals surface area contributed by atoms with Gasteiger partial charge in [0, 0.05) is 13.1 Å². The predicted octanol–water partition coefficient (Wildman–Crippen LogP) is 4.40. The van der Waals surface area contributed by atoms with Crippen LogP contribution in [0.2, 0.25) is 0 Å². The molecule has 0 spiro atoms. The average molecular weight is 515 g/mol. The standard InChI is InChI=1S/C27H29F3N4O3/c1-4-33-20-15-34(23(17-10-6-5-7-11-17)24(35)31-14-16(2)3)25(36)21(20)22(32-26(33)37)18-12-8-9-13-19(18)27(28,29)30/h5-13,16,22-23H,4,14-15H2,1-3H3,(H,31,35)(H,32,37)/t22-,23+/m0/s1. The SMILES string of the molecule is CCN1C(=O)N[C@@H](c2ccccc2C(F)(F)F)C2=C1CN([C@@H](C(=O)NCC(C)C)c1ccccc1)C2=O. The van der Waals surface area contributed by atoms with Gasteiger partial charge >= 0.3 is 12.2 Å². The number of urea groups is 1. The number of amides is 4. The van der Waals surface area contributed by atoms with Gasteiger partial charge in [-0.25, -0.2) is 4.79 Å². The molecule has 4 amide bonds. The van der Waals surface area contributed by atoms with Crippen LogP contribution in [-0.2, 0) is 15.8 Å². The molecule has 4 rings (SSSR count). The second-order valence-corrected chi connectivity index (χ2v) is 9.46. The second kappa shape index (κ2) is 10.3. The van der Waals surface area contributed by atoms with Gasteiger partial charge < -0.3 is 15.5 Å². The van der Waals surface area contributed by atoms with Crippen molar-refractivity contribution < 1.29 is 27.6 Å². The number of nitrogens with zero attached hydrogens (tertiary/aromatic N) is 2. The quantitative estimate of drug-likeness (QED) is 0.575. The lowest BCUT2D eigenvalue weighted by molar-refractivity contribution is -0.138. The number of carbonyl (C=O) groups excluding carboxylic acids is 3. The third-order valence-electron chi connectivity index (χ3n) is 6.50. The summed E-state index contributed by atoms with van der Waals surface area (Å²) in [5.41, 5.74) is -0.252. The Labute approximate surface area is 213 Å². The molecule has 2 aromatic carbocycles. The summed E-state index contributed by atoms with van der Waals surface area (Å²) in [4.78, 5) is 43.0. The molecule has 10 heteroatoms. The summed E-state index contributed by atoms with van der Waals surface area (Å²) in [5, 5.41) is 5.47. The third-order valence-corrected chi connectivity index (χ3v) is 6.50. The molecule has 0 saturated carbocycles. The molecule has 0 unspecified atom stereocenters. The number of halogens is 3. The lowest BCUT2D eigenvalue weighted by Crippen LogP contribution is -2.47. The van der Waals surface area contributed by atoms with Gasteiger partial charge in [-0.15, -0.1) is 0 Å². The first kappa shape index (κ1) is 26.2. The first-order chi connectivity index (χ1) is 17.5. The summed E-state index contributed by atoms with van der Waals surface area (Å²) in [6.07, 6.45) is -4.69. The van der Waals surface area contributed by atoms with E-state index in [2.05, 4.69) is 10.6 Å². The zero-order valence-electron chi connectivity index (χ0n) is 20.8. The van der Waals surface area contributed by atoms with E-state index in [-0.39, 0.29) is 30.1 Å². The molecule has 2 aromatic rings. The van der Waals surface area contributed by atoms with Gasteiger partial charge in [-0.05, 0) is 30.0 Å². The topological polar surface area (TPSA) is 81.8 Å². The lowest BCUT2D eigenvalue weighted by atomic mass is 9.91.